The number of methoxy groups -OCH3 is 1. The molecule has 0 aromatic heterocycles. The molecule has 0 fully saturated rings. The number of fused-ring (bicyclic) bond motifs is 1. The van der Waals surface area contributed by atoms with Gasteiger partial charge in [0.05, 0.1) is 12.8 Å². The molecule has 1 aliphatic rings. The van der Waals surface area contributed by atoms with Crippen molar-refractivity contribution >= 4 is 45.4 Å². The largest absolute Gasteiger partial charge is 0.496 e. The molecule has 28 heavy (non-hydrogen) atoms. The Kier molecular flexibility index (Phi) is 6.10. The van der Waals surface area contributed by atoms with Gasteiger partial charge in [-0.3, -0.25) is 9.59 Å². The zero-order valence-corrected chi connectivity index (χ0v) is 16.4. The van der Waals surface area contributed by atoms with Crippen LogP contribution in [0.25, 0.3) is 6.08 Å². The summed E-state index contributed by atoms with van der Waals surface area (Å²) >= 11 is 3.35. The maximum absolute atomic E-state index is 12.3. The third-order valence-corrected chi connectivity index (χ3v) is 4.36. The molecule has 2 aromatic carbocycles. The van der Waals surface area contributed by atoms with Crippen molar-refractivity contribution in [2.45, 2.75) is 0 Å². The number of benzene rings is 2. The second-order valence-corrected chi connectivity index (χ2v) is 6.71. The van der Waals surface area contributed by atoms with Crippen LogP contribution < -0.4 is 14.8 Å². The molecule has 0 saturated carbocycles. The second kappa shape index (κ2) is 8.71. The highest BCUT2D eigenvalue weighted by molar-refractivity contribution is 9.10. The number of rotatable bonds is 6. The first-order chi connectivity index (χ1) is 13.5. The van der Waals surface area contributed by atoms with E-state index in [-0.39, 0.29) is 12.5 Å². The SMILES string of the molecule is COc1ccc(Br)cc1/C=C/C(=O)OCC(=O)c1ccc2c(c1)NC(=O)CO2. The number of halogens is 1. The Morgan fingerprint density at radius 3 is 2.86 bits per heavy atom. The van der Waals surface area contributed by atoms with Gasteiger partial charge in [0.1, 0.15) is 11.5 Å². The molecule has 1 heterocycles. The van der Waals surface area contributed by atoms with E-state index in [1.165, 1.54) is 19.3 Å². The molecule has 7 nitrogen and oxygen atoms in total. The number of amides is 1. The zero-order chi connectivity index (χ0) is 20.1. The Morgan fingerprint density at radius 1 is 1.25 bits per heavy atom. The summed E-state index contributed by atoms with van der Waals surface area (Å²) in [4.78, 5) is 35.5. The predicted octanol–water partition coefficient (Wildman–Crippen LogP) is 3.23. The van der Waals surface area contributed by atoms with Crippen LogP contribution in [0.5, 0.6) is 11.5 Å². The summed E-state index contributed by atoms with van der Waals surface area (Å²) in [6, 6.07) is 10.00. The number of anilines is 1. The van der Waals surface area contributed by atoms with E-state index < -0.39 is 18.4 Å². The fourth-order valence-corrected chi connectivity index (χ4v) is 2.90. The third-order valence-electron chi connectivity index (χ3n) is 3.87. The molecule has 0 bridgehead atoms. The highest BCUT2D eigenvalue weighted by Crippen LogP contribution is 2.28. The Bertz CT molecular complexity index is 969. The molecule has 1 aliphatic heterocycles. The number of ketones is 1. The molecule has 1 N–H and O–H groups in total. The van der Waals surface area contributed by atoms with Crippen LogP contribution in [0.1, 0.15) is 15.9 Å². The second-order valence-electron chi connectivity index (χ2n) is 5.80. The number of ether oxygens (including phenoxy) is 3. The van der Waals surface area contributed by atoms with Crippen molar-refractivity contribution in [1.82, 2.24) is 0 Å². The third kappa shape index (κ3) is 4.77. The monoisotopic (exact) mass is 445 g/mol. The Hall–Kier alpha value is -3.13. The number of Topliss-reactive ketones (excluding diaryl/α,β-unsaturated/α-hetero) is 1. The molecule has 0 unspecified atom stereocenters. The molecule has 8 heteroatoms. The van der Waals surface area contributed by atoms with Gasteiger partial charge in [-0.05, 0) is 42.5 Å². The maximum atomic E-state index is 12.3. The van der Waals surface area contributed by atoms with Gasteiger partial charge in [-0.25, -0.2) is 4.79 Å². The molecule has 0 saturated heterocycles. The maximum Gasteiger partial charge on any atom is 0.331 e. The molecule has 144 valence electrons. The molecule has 2 aromatic rings. The summed E-state index contributed by atoms with van der Waals surface area (Å²) in [7, 11) is 1.53. The van der Waals surface area contributed by atoms with Crippen molar-refractivity contribution in [2.24, 2.45) is 0 Å². The standard InChI is InChI=1S/C20H16BrNO6/c1-26-17-6-4-14(21)8-13(17)3-7-20(25)28-10-16(23)12-2-5-18-15(9-12)22-19(24)11-27-18/h2-9H,10-11H2,1H3,(H,22,24)/b7-3+. The molecule has 3 rings (SSSR count). The lowest BCUT2D eigenvalue weighted by Crippen LogP contribution is -2.25. The molecule has 0 aliphatic carbocycles. The van der Waals surface area contributed by atoms with Crippen LogP contribution in [0.3, 0.4) is 0 Å². The quantitative estimate of drug-likeness (QED) is 0.416. The van der Waals surface area contributed by atoms with E-state index >= 15 is 0 Å². The van der Waals surface area contributed by atoms with Crippen molar-refractivity contribution in [3.05, 3.63) is 58.1 Å². The number of hydrogen-bond donors (Lipinski definition) is 1. The number of carbonyl (C=O) groups excluding carboxylic acids is 3. The van der Waals surface area contributed by atoms with Crippen LogP contribution in [-0.2, 0) is 14.3 Å². The van der Waals surface area contributed by atoms with E-state index in [4.69, 9.17) is 14.2 Å². The first kappa shape index (κ1) is 19.6. The van der Waals surface area contributed by atoms with Gasteiger partial charge in [0.25, 0.3) is 5.91 Å². The fraction of sp³-hybridized carbons (Fsp3) is 0.150. The van der Waals surface area contributed by atoms with Gasteiger partial charge < -0.3 is 19.5 Å². The average Bonchev–Trinajstić information content (AvgIpc) is 2.69. The number of carbonyl (C=O) groups is 3. The normalized spacial score (nSPS) is 12.7. The number of hydrogen-bond acceptors (Lipinski definition) is 6. The van der Waals surface area contributed by atoms with E-state index in [9.17, 15) is 14.4 Å². The minimum Gasteiger partial charge on any atom is -0.496 e. The minimum absolute atomic E-state index is 0.0625. The Balaban J connectivity index is 1.60. The van der Waals surface area contributed by atoms with E-state index in [0.717, 1.165) is 4.47 Å². The van der Waals surface area contributed by atoms with Gasteiger partial charge in [-0.1, -0.05) is 15.9 Å². The lowest BCUT2D eigenvalue weighted by molar-refractivity contribution is -0.136. The van der Waals surface area contributed by atoms with Crippen molar-refractivity contribution < 1.29 is 28.6 Å². The van der Waals surface area contributed by atoms with Crippen LogP contribution in [0.4, 0.5) is 5.69 Å². The van der Waals surface area contributed by atoms with Gasteiger partial charge in [0.15, 0.2) is 19.0 Å². The van der Waals surface area contributed by atoms with Gasteiger partial charge in [0, 0.05) is 21.7 Å². The fourth-order valence-electron chi connectivity index (χ4n) is 2.52. The van der Waals surface area contributed by atoms with Crippen LogP contribution >= 0.6 is 15.9 Å². The summed E-state index contributed by atoms with van der Waals surface area (Å²) < 4.78 is 16.3. The van der Waals surface area contributed by atoms with Crippen LogP contribution in [0.2, 0.25) is 0 Å². The van der Waals surface area contributed by atoms with Crippen molar-refractivity contribution in [1.29, 1.82) is 0 Å². The van der Waals surface area contributed by atoms with Crippen LogP contribution in [0.15, 0.2) is 46.9 Å². The zero-order valence-electron chi connectivity index (χ0n) is 14.9. The first-order valence-electron chi connectivity index (χ1n) is 8.24. The number of nitrogens with one attached hydrogen (secondary N) is 1. The molecular formula is C20H16BrNO6. The molecule has 0 atom stereocenters. The Morgan fingerprint density at radius 2 is 2.07 bits per heavy atom. The van der Waals surface area contributed by atoms with Gasteiger partial charge in [-0.15, -0.1) is 0 Å². The molecule has 0 radical (unpaired) electrons. The van der Waals surface area contributed by atoms with E-state index in [2.05, 4.69) is 21.2 Å². The smallest absolute Gasteiger partial charge is 0.331 e. The summed E-state index contributed by atoms with van der Waals surface area (Å²) in [5.41, 5.74) is 1.40. The predicted molar refractivity (Wildman–Crippen MR) is 106 cm³/mol. The highest BCUT2D eigenvalue weighted by Gasteiger charge is 2.18. The first-order valence-corrected chi connectivity index (χ1v) is 9.04. The molecule has 0 spiro atoms. The number of esters is 1. The van der Waals surface area contributed by atoms with Crippen LogP contribution in [-0.4, -0.2) is 38.0 Å². The van der Waals surface area contributed by atoms with Crippen molar-refractivity contribution in [2.75, 3.05) is 25.6 Å². The summed E-state index contributed by atoms with van der Waals surface area (Å²) in [6.07, 6.45) is 2.76. The summed E-state index contributed by atoms with van der Waals surface area (Å²) in [5.74, 6) is -0.272. The van der Waals surface area contributed by atoms with E-state index in [1.807, 2.05) is 6.07 Å². The van der Waals surface area contributed by atoms with E-state index in [0.29, 0.717) is 28.3 Å². The van der Waals surface area contributed by atoms with E-state index in [1.54, 1.807) is 30.3 Å². The topological polar surface area (TPSA) is 90.9 Å². The minimum atomic E-state index is -0.662. The van der Waals surface area contributed by atoms with Crippen LogP contribution in [0, 0.1) is 0 Å². The summed E-state index contributed by atoms with van der Waals surface area (Å²) in [6.45, 7) is -0.487. The summed E-state index contributed by atoms with van der Waals surface area (Å²) in [5, 5.41) is 2.62. The van der Waals surface area contributed by atoms with Gasteiger partial charge >= 0.3 is 5.97 Å². The lowest BCUT2D eigenvalue weighted by Gasteiger charge is -2.18. The molecule has 1 amide bonds. The van der Waals surface area contributed by atoms with Crippen molar-refractivity contribution in [3.63, 3.8) is 0 Å². The van der Waals surface area contributed by atoms with Gasteiger partial charge in [-0.2, -0.15) is 0 Å². The molecular weight excluding hydrogens is 430 g/mol. The average molecular weight is 446 g/mol. The Labute approximate surface area is 169 Å². The lowest BCUT2D eigenvalue weighted by atomic mass is 10.1. The highest BCUT2D eigenvalue weighted by atomic mass is 79.9. The van der Waals surface area contributed by atoms with Gasteiger partial charge in [0.2, 0.25) is 0 Å². The van der Waals surface area contributed by atoms with Crippen molar-refractivity contribution in [3.8, 4) is 11.5 Å².